The first-order valence-corrected chi connectivity index (χ1v) is 9.45. The normalized spacial score (nSPS) is 18.0. The van der Waals surface area contributed by atoms with E-state index in [1.807, 2.05) is 44.3 Å². The highest BCUT2D eigenvalue weighted by molar-refractivity contribution is 6.04. The summed E-state index contributed by atoms with van der Waals surface area (Å²) >= 11 is 0. The highest BCUT2D eigenvalue weighted by Gasteiger charge is 2.37. The number of nitrogens with zero attached hydrogens (tertiary/aromatic N) is 1. The number of fused-ring (bicyclic) bond motifs is 1. The van der Waals surface area contributed by atoms with Crippen LogP contribution in [0.1, 0.15) is 38.7 Å². The lowest BCUT2D eigenvalue weighted by Crippen LogP contribution is -2.35. The Morgan fingerprint density at radius 3 is 2.85 bits per heavy atom. The molecule has 2 atom stereocenters. The molecule has 1 aliphatic rings. The average molecular weight is 370 g/mol. The third-order valence-corrected chi connectivity index (χ3v) is 5.07. The molecule has 3 rings (SSSR count). The molecular formula is C20H26N4O3. The van der Waals surface area contributed by atoms with Crippen LogP contribution in [-0.4, -0.2) is 46.4 Å². The summed E-state index contributed by atoms with van der Waals surface area (Å²) in [6.07, 6.45) is 3.89. The summed E-state index contributed by atoms with van der Waals surface area (Å²) in [5, 5.41) is 6.66. The molecule has 7 heteroatoms. The summed E-state index contributed by atoms with van der Waals surface area (Å²) in [6.45, 7) is 4.26. The number of para-hydroxylation sites is 1. The van der Waals surface area contributed by atoms with E-state index >= 15 is 0 Å². The molecule has 1 aromatic carbocycles. The summed E-state index contributed by atoms with van der Waals surface area (Å²) in [7, 11) is 0. The van der Waals surface area contributed by atoms with Gasteiger partial charge in [0.2, 0.25) is 5.91 Å². The van der Waals surface area contributed by atoms with E-state index in [1.165, 1.54) is 4.90 Å². The van der Waals surface area contributed by atoms with Crippen LogP contribution in [0.4, 0.5) is 4.79 Å². The zero-order chi connectivity index (χ0) is 19.4. The lowest BCUT2D eigenvalue weighted by Gasteiger charge is -2.14. The molecule has 0 aliphatic carbocycles. The fourth-order valence-electron chi connectivity index (χ4n) is 3.28. The van der Waals surface area contributed by atoms with Gasteiger partial charge in [0, 0.05) is 36.1 Å². The van der Waals surface area contributed by atoms with E-state index in [0.29, 0.717) is 19.4 Å². The van der Waals surface area contributed by atoms with Crippen molar-refractivity contribution in [2.75, 3.05) is 6.54 Å². The van der Waals surface area contributed by atoms with E-state index < -0.39 is 6.04 Å². The fourth-order valence-corrected chi connectivity index (χ4v) is 3.28. The summed E-state index contributed by atoms with van der Waals surface area (Å²) in [5.74, 6) is -0.347. The maximum absolute atomic E-state index is 12.5. The first kappa shape index (κ1) is 18.9. The molecule has 1 unspecified atom stereocenters. The van der Waals surface area contributed by atoms with Crippen molar-refractivity contribution < 1.29 is 14.4 Å². The molecular weight excluding hydrogens is 344 g/mol. The lowest BCUT2D eigenvalue weighted by molar-refractivity contribution is -0.127. The minimum atomic E-state index is -0.622. The van der Waals surface area contributed by atoms with E-state index in [2.05, 4.69) is 15.6 Å². The predicted octanol–water partition coefficient (Wildman–Crippen LogP) is 2.33. The number of imide groups is 1. The van der Waals surface area contributed by atoms with Crippen LogP contribution >= 0.6 is 0 Å². The molecule has 144 valence electrons. The minimum Gasteiger partial charge on any atom is -0.361 e. The van der Waals surface area contributed by atoms with Crippen molar-refractivity contribution >= 4 is 28.7 Å². The second-order valence-electron chi connectivity index (χ2n) is 7.02. The molecule has 1 saturated heterocycles. The number of rotatable bonds is 8. The molecule has 7 nitrogen and oxygen atoms in total. The van der Waals surface area contributed by atoms with Gasteiger partial charge in [0.25, 0.3) is 5.91 Å². The molecule has 0 radical (unpaired) electrons. The Bertz CT molecular complexity index is 845. The maximum atomic E-state index is 12.5. The molecule has 2 heterocycles. The van der Waals surface area contributed by atoms with Crippen molar-refractivity contribution in [2.45, 2.75) is 51.6 Å². The second-order valence-corrected chi connectivity index (χ2v) is 7.02. The number of hydrogen-bond acceptors (Lipinski definition) is 3. The number of nitrogens with one attached hydrogen (secondary N) is 3. The molecule has 2 aromatic rings. The molecule has 0 saturated carbocycles. The highest BCUT2D eigenvalue weighted by Crippen LogP contribution is 2.19. The van der Waals surface area contributed by atoms with E-state index in [4.69, 9.17) is 0 Å². The smallest absolute Gasteiger partial charge is 0.324 e. The molecule has 0 spiro atoms. The Balaban J connectivity index is 1.54. The Morgan fingerprint density at radius 1 is 1.30 bits per heavy atom. The number of aromatic amines is 1. The van der Waals surface area contributed by atoms with Crippen molar-refractivity contribution in [3.63, 3.8) is 0 Å². The lowest BCUT2D eigenvalue weighted by atomic mass is 10.1. The number of H-pyrrole nitrogens is 1. The van der Waals surface area contributed by atoms with E-state index in [0.717, 1.165) is 22.9 Å². The summed E-state index contributed by atoms with van der Waals surface area (Å²) in [5.41, 5.74) is 2.11. The number of urea groups is 1. The van der Waals surface area contributed by atoms with Crippen LogP contribution in [0.3, 0.4) is 0 Å². The Kier molecular flexibility index (Phi) is 5.78. The number of benzene rings is 1. The van der Waals surface area contributed by atoms with Crippen LogP contribution < -0.4 is 10.6 Å². The van der Waals surface area contributed by atoms with Crippen LogP contribution in [0.2, 0.25) is 0 Å². The first-order valence-electron chi connectivity index (χ1n) is 9.45. The van der Waals surface area contributed by atoms with Crippen LogP contribution in [0.5, 0.6) is 0 Å². The number of carbonyl (C=O) groups is 3. The SMILES string of the molecule is CCC(C)NC(=O)CC[C@@H]1NC(=O)N(CCc2c[nH]c3ccccc23)C1=O. The summed E-state index contributed by atoms with van der Waals surface area (Å²) in [6, 6.07) is 7.05. The molecule has 3 N–H and O–H groups in total. The number of aromatic nitrogens is 1. The second kappa shape index (κ2) is 8.24. The predicted molar refractivity (Wildman–Crippen MR) is 103 cm³/mol. The fraction of sp³-hybridized carbons (Fsp3) is 0.450. The van der Waals surface area contributed by atoms with E-state index in [9.17, 15) is 14.4 Å². The summed E-state index contributed by atoms with van der Waals surface area (Å²) < 4.78 is 0. The first-order chi connectivity index (χ1) is 13.0. The topological polar surface area (TPSA) is 94.3 Å². The molecule has 1 aliphatic heterocycles. The van der Waals surface area contributed by atoms with Gasteiger partial charge in [-0.1, -0.05) is 25.1 Å². The minimum absolute atomic E-state index is 0.0939. The highest BCUT2D eigenvalue weighted by atomic mass is 16.2. The van der Waals surface area contributed by atoms with Crippen molar-refractivity contribution in [2.24, 2.45) is 0 Å². The number of hydrogen-bond donors (Lipinski definition) is 3. The van der Waals surface area contributed by atoms with Crippen LogP contribution in [-0.2, 0) is 16.0 Å². The van der Waals surface area contributed by atoms with E-state index in [1.54, 1.807) is 0 Å². The van der Waals surface area contributed by atoms with Gasteiger partial charge in [0.05, 0.1) is 0 Å². The van der Waals surface area contributed by atoms with Gasteiger partial charge in [-0.05, 0) is 37.8 Å². The van der Waals surface area contributed by atoms with Crippen LogP contribution in [0.25, 0.3) is 10.9 Å². The summed E-state index contributed by atoms with van der Waals surface area (Å²) in [4.78, 5) is 41.0. The Hall–Kier alpha value is -2.83. The largest absolute Gasteiger partial charge is 0.361 e. The van der Waals surface area contributed by atoms with E-state index in [-0.39, 0.29) is 30.3 Å². The number of carbonyl (C=O) groups excluding carboxylic acids is 3. The van der Waals surface area contributed by atoms with Crippen molar-refractivity contribution in [1.82, 2.24) is 20.5 Å². The maximum Gasteiger partial charge on any atom is 0.324 e. The van der Waals surface area contributed by atoms with Gasteiger partial charge >= 0.3 is 6.03 Å². The third kappa shape index (κ3) is 4.30. The van der Waals surface area contributed by atoms with Gasteiger partial charge in [0.1, 0.15) is 6.04 Å². The third-order valence-electron chi connectivity index (χ3n) is 5.07. The molecule has 4 amide bonds. The van der Waals surface area contributed by atoms with Gasteiger partial charge in [-0.3, -0.25) is 14.5 Å². The Labute approximate surface area is 158 Å². The monoisotopic (exact) mass is 370 g/mol. The molecule has 1 fully saturated rings. The van der Waals surface area contributed by atoms with Gasteiger partial charge in [-0.25, -0.2) is 4.79 Å². The molecule has 0 bridgehead atoms. The van der Waals surface area contributed by atoms with Crippen molar-refractivity contribution in [1.29, 1.82) is 0 Å². The van der Waals surface area contributed by atoms with Gasteiger partial charge in [-0.2, -0.15) is 0 Å². The Morgan fingerprint density at radius 2 is 2.07 bits per heavy atom. The van der Waals surface area contributed by atoms with Crippen LogP contribution in [0, 0.1) is 0 Å². The average Bonchev–Trinajstić information content (AvgIpc) is 3.19. The zero-order valence-electron chi connectivity index (χ0n) is 15.7. The quantitative estimate of drug-likeness (QED) is 0.623. The van der Waals surface area contributed by atoms with Gasteiger partial charge in [0.15, 0.2) is 0 Å². The zero-order valence-corrected chi connectivity index (χ0v) is 15.7. The van der Waals surface area contributed by atoms with Crippen molar-refractivity contribution in [3.8, 4) is 0 Å². The van der Waals surface area contributed by atoms with Gasteiger partial charge in [-0.15, -0.1) is 0 Å². The number of amides is 4. The van der Waals surface area contributed by atoms with Gasteiger partial charge < -0.3 is 15.6 Å². The standard InChI is InChI=1S/C20H26N4O3/c1-3-13(2)22-18(25)9-8-17-19(26)24(20(27)23-17)11-10-14-12-21-16-7-5-4-6-15(14)16/h4-7,12-13,17,21H,3,8-11H2,1-2H3,(H,22,25)(H,23,27)/t13?,17-/m0/s1. The van der Waals surface area contributed by atoms with Crippen LogP contribution in [0.15, 0.2) is 30.5 Å². The molecule has 27 heavy (non-hydrogen) atoms. The van der Waals surface area contributed by atoms with Crippen molar-refractivity contribution in [3.05, 3.63) is 36.0 Å². The molecule has 1 aromatic heterocycles.